The molecule has 1 N–H and O–H groups in total. The van der Waals surface area contributed by atoms with Gasteiger partial charge in [0, 0.05) is 37.8 Å². The first-order valence-electron chi connectivity index (χ1n) is 10.3. The van der Waals surface area contributed by atoms with Crippen molar-refractivity contribution in [3.8, 4) is 0 Å². The largest absolute Gasteiger partial charge is 0.372 e. The van der Waals surface area contributed by atoms with Crippen LogP contribution in [0.5, 0.6) is 0 Å². The number of carbonyl (C=O) groups is 1. The first-order valence-corrected chi connectivity index (χ1v) is 12.2. The molecule has 2 aliphatic heterocycles. The van der Waals surface area contributed by atoms with Crippen LogP contribution in [-0.4, -0.2) is 51.1 Å². The molecule has 2 aliphatic rings. The van der Waals surface area contributed by atoms with Gasteiger partial charge in [-0.3, -0.25) is 4.79 Å². The summed E-state index contributed by atoms with van der Waals surface area (Å²) in [5, 5.41) is 3.10. The van der Waals surface area contributed by atoms with E-state index in [0.29, 0.717) is 25.9 Å². The molecule has 0 unspecified atom stereocenters. The van der Waals surface area contributed by atoms with Gasteiger partial charge < -0.3 is 10.2 Å². The van der Waals surface area contributed by atoms with Gasteiger partial charge in [0.1, 0.15) is 0 Å². The Kier molecular flexibility index (Phi) is 6.65. The molecule has 1 atom stereocenters. The molecule has 0 radical (unpaired) electrons. The Labute approximate surface area is 169 Å². The Hall–Kier alpha value is -1.60. The van der Waals surface area contributed by atoms with E-state index in [-0.39, 0.29) is 17.9 Å². The summed E-state index contributed by atoms with van der Waals surface area (Å²) >= 11 is 0. The number of nitrogens with one attached hydrogen (secondary N) is 1. The predicted molar refractivity (Wildman–Crippen MR) is 113 cm³/mol. The second-order valence-electron chi connectivity index (χ2n) is 8.43. The van der Waals surface area contributed by atoms with Crippen molar-refractivity contribution in [2.24, 2.45) is 11.8 Å². The van der Waals surface area contributed by atoms with Crippen LogP contribution in [0.1, 0.15) is 51.1 Å². The van der Waals surface area contributed by atoms with E-state index in [4.69, 9.17) is 0 Å². The maximum absolute atomic E-state index is 12.6. The SMILES string of the molecule is CC1CCN(c2ccc([C@H](C)NC(=O)C3CCN(S(C)(=O)=O)CC3)cc2)CC1. The summed E-state index contributed by atoms with van der Waals surface area (Å²) in [5.41, 5.74) is 2.35. The maximum atomic E-state index is 12.6. The van der Waals surface area contributed by atoms with Crippen LogP contribution in [0, 0.1) is 11.8 Å². The molecule has 0 spiro atoms. The van der Waals surface area contributed by atoms with Gasteiger partial charge in [0.15, 0.2) is 0 Å². The van der Waals surface area contributed by atoms with Crippen LogP contribution in [0.2, 0.25) is 0 Å². The van der Waals surface area contributed by atoms with Crippen molar-refractivity contribution in [1.82, 2.24) is 9.62 Å². The predicted octanol–water partition coefficient (Wildman–Crippen LogP) is 2.77. The number of hydrogen-bond acceptors (Lipinski definition) is 4. The van der Waals surface area contributed by atoms with Crippen molar-refractivity contribution in [2.75, 3.05) is 37.3 Å². The lowest BCUT2D eigenvalue weighted by Gasteiger charge is -2.32. The van der Waals surface area contributed by atoms with Gasteiger partial charge >= 0.3 is 0 Å². The molecule has 28 heavy (non-hydrogen) atoms. The Balaban J connectivity index is 1.52. The van der Waals surface area contributed by atoms with E-state index in [9.17, 15) is 13.2 Å². The molecule has 0 aromatic heterocycles. The quantitative estimate of drug-likeness (QED) is 0.815. The Morgan fingerprint density at radius 1 is 1.04 bits per heavy atom. The normalized spacial score (nSPS) is 21.5. The smallest absolute Gasteiger partial charge is 0.223 e. The number of nitrogens with zero attached hydrogens (tertiary/aromatic N) is 2. The molecule has 1 aromatic carbocycles. The van der Waals surface area contributed by atoms with Crippen molar-refractivity contribution >= 4 is 21.6 Å². The van der Waals surface area contributed by atoms with Gasteiger partial charge in [-0.1, -0.05) is 19.1 Å². The van der Waals surface area contributed by atoms with Crippen molar-refractivity contribution in [1.29, 1.82) is 0 Å². The molecule has 0 saturated carbocycles. The molecular weight excluding hydrogens is 374 g/mol. The van der Waals surface area contributed by atoms with Crippen LogP contribution in [0.3, 0.4) is 0 Å². The molecule has 156 valence electrons. The second-order valence-corrected chi connectivity index (χ2v) is 10.4. The minimum atomic E-state index is -3.16. The summed E-state index contributed by atoms with van der Waals surface area (Å²) < 4.78 is 24.7. The highest BCUT2D eigenvalue weighted by Gasteiger charge is 2.29. The molecule has 0 bridgehead atoms. The summed E-state index contributed by atoms with van der Waals surface area (Å²) in [6.45, 7) is 7.39. The summed E-state index contributed by atoms with van der Waals surface area (Å²) in [7, 11) is -3.16. The lowest BCUT2D eigenvalue weighted by atomic mass is 9.96. The number of amides is 1. The van der Waals surface area contributed by atoms with Gasteiger partial charge in [0.05, 0.1) is 12.3 Å². The zero-order chi connectivity index (χ0) is 20.3. The van der Waals surface area contributed by atoms with Gasteiger partial charge in [0.2, 0.25) is 15.9 Å². The van der Waals surface area contributed by atoms with Crippen molar-refractivity contribution < 1.29 is 13.2 Å². The molecule has 3 rings (SSSR count). The number of benzene rings is 1. The van der Waals surface area contributed by atoms with Gasteiger partial charge in [-0.15, -0.1) is 0 Å². The average Bonchev–Trinajstić information content (AvgIpc) is 2.68. The second kappa shape index (κ2) is 8.82. The standard InChI is InChI=1S/C21H33N3O3S/c1-16-8-12-23(13-9-16)20-6-4-18(5-7-20)17(2)22-21(25)19-10-14-24(15-11-19)28(3,26)27/h4-7,16-17,19H,8-15H2,1-3H3,(H,22,25)/t17-/m0/s1. The fourth-order valence-electron chi connectivity index (χ4n) is 4.10. The van der Waals surface area contributed by atoms with Crippen LogP contribution >= 0.6 is 0 Å². The van der Waals surface area contributed by atoms with Gasteiger partial charge in [-0.2, -0.15) is 0 Å². The topological polar surface area (TPSA) is 69.7 Å². The first kappa shape index (κ1) is 21.1. The van der Waals surface area contributed by atoms with Crippen LogP contribution < -0.4 is 10.2 Å². The Bertz CT molecular complexity index is 763. The third-order valence-electron chi connectivity index (χ3n) is 6.19. The van der Waals surface area contributed by atoms with E-state index in [2.05, 4.69) is 41.4 Å². The van der Waals surface area contributed by atoms with Crippen molar-refractivity contribution in [2.45, 2.75) is 45.6 Å². The van der Waals surface area contributed by atoms with E-state index in [1.165, 1.54) is 29.1 Å². The number of piperidine rings is 2. The van der Waals surface area contributed by atoms with Gasteiger partial charge in [0.25, 0.3) is 0 Å². The fraction of sp³-hybridized carbons (Fsp3) is 0.667. The van der Waals surface area contributed by atoms with Crippen LogP contribution in [0.4, 0.5) is 5.69 Å². The van der Waals surface area contributed by atoms with E-state index < -0.39 is 10.0 Å². The minimum Gasteiger partial charge on any atom is -0.372 e. The average molecular weight is 408 g/mol. The molecule has 2 saturated heterocycles. The maximum Gasteiger partial charge on any atom is 0.223 e. The van der Waals surface area contributed by atoms with Crippen LogP contribution in [-0.2, 0) is 14.8 Å². The third-order valence-corrected chi connectivity index (χ3v) is 7.50. The number of sulfonamides is 1. The summed E-state index contributed by atoms with van der Waals surface area (Å²) in [4.78, 5) is 15.0. The number of rotatable bonds is 5. The highest BCUT2D eigenvalue weighted by molar-refractivity contribution is 7.88. The lowest BCUT2D eigenvalue weighted by molar-refractivity contribution is -0.126. The van der Waals surface area contributed by atoms with E-state index in [0.717, 1.165) is 24.6 Å². The van der Waals surface area contributed by atoms with Crippen LogP contribution in [0.25, 0.3) is 0 Å². The molecule has 2 heterocycles. The van der Waals surface area contributed by atoms with Gasteiger partial charge in [-0.05, 0) is 56.2 Å². The molecular formula is C21H33N3O3S. The minimum absolute atomic E-state index is 0.0229. The van der Waals surface area contributed by atoms with E-state index >= 15 is 0 Å². The zero-order valence-corrected chi connectivity index (χ0v) is 18.0. The Morgan fingerprint density at radius 3 is 2.14 bits per heavy atom. The van der Waals surface area contributed by atoms with Crippen molar-refractivity contribution in [3.05, 3.63) is 29.8 Å². The van der Waals surface area contributed by atoms with Gasteiger partial charge in [-0.25, -0.2) is 12.7 Å². The number of hydrogen-bond donors (Lipinski definition) is 1. The number of anilines is 1. The van der Waals surface area contributed by atoms with E-state index in [1.807, 2.05) is 6.92 Å². The Morgan fingerprint density at radius 2 is 1.61 bits per heavy atom. The van der Waals surface area contributed by atoms with Crippen LogP contribution in [0.15, 0.2) is 24.3 Å². The molecule has 1 amide bonds. The zero-order valence-electron chi connectivity index (χ0n) is 17.2. The summed E-state index contributed by atoms with van der Waals surface area (Å²) in [6, 6.07) is 8.45. The first-order chi connectivity index (χ1) is 13.2. The highest BCUT2D eigenvalue weighted by Crippen LogP contribution is 2.25. The third kappa shape index (κ3) is 5.26. The lowest BCUT2D eigenvalue weighted by Crippen LogP contribution is -2.43. The van der Waals surface area contributed by atoms with Crippen molar-refractivity contribution in [3.63, 3.8) is 0 Å². The summed E-state index contributed by atoms with van der Waals surface area (Å²) in [5.74, 6) is 0.722. The molecule has 0 aliphatic carbocycles. The molecule has 6 nitrogen and oxygen atoms in total. The molecule has 1 aromatic rings. The molecule has 2 fully saturated rings. The fourth-order valence-corrected chi connectivity index (χ4v) is 4.98. The monoisotopic (exact) mass is 407 g/mol. The highest BCUT2D eigenvalue weighted by atomic mass is 32.2. The molecule has 7 heteroatoms. The van der Waals surface area contributed by atoms with E-state index in [1.54, 1.807) is 0 Å². The number of carbonyl (C=O) groups excluding carboxylic acids is 1. The summed E-state index contributed by atoms with van der Waals surface area (Å²) in [6.07, 6.45) is 4.87.